The normalized spacial score (nSPS) is 12.5. The van der Waals surface area contributed by atoms with E-state index in [2.05, 4.69) is 12.2 Å². The third-order valence-electron chi connectivity index (χ3n) is 2.18. The summed E-state index contributed by atoms with van der Waals surface area (Å²) in [7, 11) is 0. The molecule has 15 heavy (non-hydrogen) atoms. The van der Waals surface area contributed by atoms with E-state index in [-0.39, 0.29) is 11.9 Å². The van der Waals surface area contributed by atoms with Crippen LogP contribution in [0.3, 0.4) is 0 Å². The molecule has 0 rings (SSSR count). The molecule has 0 heterocycles. The molecular weight excluding hydrogens is 192 g/mol. The van der Waals surface area contributed by atoms with Crippen LogP contribution >= 0.6 is 0 Å². The van der Waals surface area contributed by atoms with Gasteiger partial charge in [0.05, 0.1) is 6.04 Å². The maximum absolute atomic E-state index is 11.2. The molecule has 0 aromatic heterocycles. The molecule has 0 unspecified atom stereocenters. The third-order valence-corrected chi connectivity index (χ3v) is 2.18. The van der Waals surface area contributed by atoms with Crippen LogP contribution in [0, 0.1) is 0 Å². The van der Waals surface area contributed by atoms with Crippen LogP contribution in [0.5, 0.6) is 0 Å². The van der Waals surface area contributed by atoms with E-state index in [1.165, 1.54) is 0 Å². The zero-order valence-electron chi connectivity index (χ0n) is 9.92. The van der Waals surface area contributed by atoms with Crippen molar-refractivity contribution in [3.63, 3.8) is 0 Å². The Labute approximate surface area is 92.6 Å². The quantitative estimate of drug-likeness (QED) is 0.566. The minimum atomic E-state index is -0.369. The van der Waals surface area contributed by atoms with Crippen molar-refractivity contribution in [2.24, 2.45) is 5.73 Å². The van der Waals surface area contributed by atoms with Crippen molar-refractivity contribution in [3.8, 4) is 0 Å². The lowest BCUT2D eigenvalue weighted by Crippen LogP contribution is -2.40. The molecule has 0 aliphatic rings. The van der Waals surface area contributed by atoms with E-state index in [0.29, 0.717) is 19.6 Å². The first kappa shape index (κ1) is 14.4. The molecule has 1 amide bonds. The van der Waals surface area contributed by atoms with E-state index in [1.807, 2.05) is 6.92 Å². The maximum Gasteiger partial charge on any atom is 0.236 e. The van der Waals surface area contributed by atoms with E-state index < -0.39 is 0 Å². The van der Waals surface area contributed by atoms with E-state index in [1.54, 1.807) is 0 Å². The van der Waals surface area contributed by atoms with E-state index >= 15 is 0 Å². The number of unbranched alkanes of at least 4 members (excludes halogenated alkanes) is 1. The van der Waals surface area contributed by atoms with Crippen LogP contribution in [0.2, 0.25) is 0 Å². The third kappa shape index (κ3) is 8.39. The average Bonchev–Trinajstić information content (AvgIpc) is 2.26. The number of hydrogen-bond acceptors (Lipinski definition) is 3. The minimum absolute atomic E-state index is 0.0638. The number of amides is 1. The van der Waals surface area contributed by atoms with Crippen molar-refractivity contribution in [1.82, 2.24) is 5.32 Å². The van der Waals surface area contributed by atoms with Gasteiger partial charge < -0.3 is 15.8 Å². The van der Waals surface area contributed by atoms with Crippen molar-refractivity contribution in [2.75, 3.05) is 19.8 Å². The average molecular weight is 216 g/mol. The van der Waals surface area contributed by atoms with Gasteiger partial charge in [-0.2, -0.15) is 0 Å². The van der Waals surface area contributed by atoms with Gasteiger partial charge in [-0.3, -0.25) is 4.79 Å². The Morgan fingerprint density at radius 3 is 2.60 bits per heavy atom. The standard InChI is InChI=1S/C11H24N2O2/c1-3-5-8-15-9-6-7-13-11(14)10(12)4-2/h10H,3-9,12H2,1-2H3,(H,13,14)/t10-/m0/s1. The summed E-state index contributed by atoms with van der Waals surface area (Å²) in [5.74, 6) is -0.0638. The highest BCUT2D eigenvalue weighted by molar-refractivity contribution is 5.81. The van der Waals surface area contributed by atoms with Gasteiger partial charge in [-0.15, -0.1) is 0 Å². The molecule has 0 saturated carbocycles. The molecule has 1 atom stereocenters. The molecule has 0 aliphatic heterocycles. The molecule has 90 valence electrons. The van der Waals surface area contributed by atoms with Gasteiger partial charge in [0, 0.05) is 19.8 Å². The Kier molecular flexibility index (Phi) is 9.52. The van der Waals surface area contributed by atoms with Gasteiger partial charge in [0.25, 0.3) is 0 Å². The molecule has 0 spiro atoms. The molecule has 0 bridgehead atoms. The summed E-state index contributed by atoms with van der Waals surface area (Å²) in [6.07, 6.45) is 3.79. The smallest absolute Gasteiger partial charge is 0.236 e. The SMILES string of the molecule is CCCCOCCCNC(=O)[C@@H](N)CC. The molecular formula is C11H24N2O2. The zero-order chi connectivity index (χ0) is 11.5. The maximum atomic E-state index is 11.2. The fourth-order valence-electron chi connectivity index (χ4n) is 1.05. The van der Waals surface area contributed by atoms with Gasteiger partial charge in [-0.05, 0) is 19.3 Å². The van der Waals surface area contributed by atoms with Crippen LogP contribution in [-0.4, -0.2) is 31.7 Å². The summed E-state index contributed by atoms with van der Waals surface area (Å²) in [4.78, 5) is 11.2. The van der Waals surface area contributed by atoms with Gasteiger partial charge in [-0.1, -0.05) is 20.3 Å². The summed E-state index contributed by atoms with van der Waals surface area (Å²) in [6, 6.07) is -0.369. The van der Waals surface area contributed by atoms with Gasteiger partial charge >= 0.3 is 0 Å². The van der Waals surface area contributed by atoms with E-state index in [4.69, 9.17) is 10.5 Å². The first-order valence-corrected chi connectivity index (χ1v) is 5.83. The highest BCUT2D eigenvalue weighted by atomic mass is 16.5. The van der Waals surface area contributed by atoms with Crippen LogP contribution in [0.25, 0.3) is 0 Å². The summed E-state index contributed by atoms with van der Waals surface area (Å²) < 4.78 is 5.36. The number of ether oxygens (including phenoxy) is 1. The highest BCUT2D eigenvalue weighted by Crippen LogP contribution is 1.90. The van der Waals surface area contributed by atoms with Crippen LogP contribution in [0.15, 0.2) is 0 Å². The Hall–Kier alpha value is -0.610. The summed E-state index contributed by atoms with van der Waals surface area (Å²) >= 11 is 0. The lowest BCUT2D eigenvalue weighted by atomic mass is 10.2. The predicted octanol–water partition coefficient (Wildman–Crippen LogP) is 1.05. The Morgan fingerprint density at radius 1 is 1.33 bits per heavy atom. The lowest BCUT2D eigenvalue weighted by Gasteiger charge is -2.09. The van der Waals surface area contributed by atoms with Crippen LogP contribution in [0.4, 0.5) is 0 Å². The number of rotatable bonds is 9. The molecule has 0 radical (unpaired) electrons. The predicted molar refractivity (Wildman–Crippen MR) is 61.6 cm³/mol. The number of carbonyl (C=O) groups excluding carboxylic acids is 1. The topological polar surface area (TPSA) is 64.3 Å². The highest BCUT2D eigenvalue weighted by Gasteiger charge is 2.08. The molecule has 4 heteroatoms. The zero-order valence-corrected chi connectivity index (χ0v) is 9.92. The fraction of sp³-hybridized carbons (Fsp3) is 0.909. The summed E-state index contributed by atoms with van der Waals surface area (Å²) in [5.41, 5.74) is 5.55. The first-order chi connectivity index (χ1) is 7.22. The van der Waals surface area contributed by atoms with Crippen LogP contribution in [-0.2, 0) is 9.53 Å². The van der Waals surface area contributed by atoms with Crippen molar-refractivity contribution in [3.05, 3.63) is 0 Å². The molecule has 0 aromatic rings. The summed E-state index contributed by atoms with van der Waals surface area (Å²) in [5, 5.41) is 2.78. The van der Waals surface area contributed by atoms with E-state index in [9.17, 15) is 4.79 Å². The Balaban J connectivity index is 3.20. The van der Waals surface area contributed by atoms with Crippen molar-refractivity contribution in [1.29, 1.82) is 0 Å². The molecule has 3 N–H and O–H groups in total. The summed E-state index contributed by atoms with van der Waals surface area (Å²) in [6.45, 7) is 6.22. The van der Waals surface area contributed by atoms with Gasteiger partial charge in [0.2, 0.25) is 5.91 Å². The molecule has 0 fully saturated rings. The monoisotopic (exact) mass is 216 g/mol. The van der Waals surface area contributed by atoms with E-state index in [0.717, 1.165) is 25.9 Å². The second-order valence-corrected chi connectivity index (χ2v) is 3.63. The van der Waals surface area contributed by atoms with Gasteiger partial charge in [0.15, 0.2) is 0 Å². The molecule has 0 aromatic carbocycles. The Bertz CT molecular complexity index is 163. The minimum Gasteiger partial charge on any atom is -0.381 e. The molecule has 0 saturated heterocycles. The second-order valence-electron chi connectivity index (χ2n) is 3.63. The van der Waals surface area contributed by atoms with Crippen LogP contribution in [0.1, 0.15) is 39.5 Å². The molecule has 4 nitrogen and oxygen atoms in total. The largest absolute Gasteiger partial charge is 0.381 e. The number of hydrogen-bond donors (Lipinski definition) is 2. The van der Waals surface area contributed by atoms with Crippen molar-refractivity contribution >= 4 is 5.91 Å². The number of nitrogens with one attached hydrogen (secondary N) is 1. The van der Waals surface area contributed by atoms with Gasteiger partial charge in [-0.25, -0.2) is 0 Å². The van der Waals surface area contributed by atoms with Gasteiger partial charge in [0.1, 0.15) is 0 Å². The van der Waals surface area contributed by atoms with Crippen molar-refractivity contribution < 1.29 is 9.53 Å². The second kappa shape index (κ2) is 9.93. The lowest BCUT2D eigenvalue weighted by molar-refractivity contribution is -0.122. The van der Waals surface area contributed by atoms with Crippen molar-refractivity contribution in [2.45, 2.75) is 45.6 Å². The fourth-order valence-corrected chi connectivity index (χ4v) is 1.05. The Morgan fingerprint density at radius 2 is 2.00 bits per heavy atom. The molecule has 0 aliphatic carbocycles. The first-order valence-electron chi connectivity index (χ1n) is 5.83. The number of nitrogens with two attached hydrogens (primary N) is 1. The van der Waals surface area contributed by atoms with Crippen LogP contribution < -0.4 is 11.1 Å². The number of carbonyl (C=O) groups is 1.